The number of aromatic nitrogens is 1. The molecule has 6 heteroatoms. The van der Waals surface area contributed by atoms with E-state index in [9.17, 15) is 19.8 Å². The van der Waals surface area contributed by atoms with E-state index in [2.05, 4.69) is 25.8 Å². The van der Waals surface area contributed by atoms with E-state index in [1.807, 2.05) is 32.0 Å². The number of aliphatic hydroxyl groups is 1. The van der Waals surface area contributed by atoms with Gasteiger partial charge in [-0.2, -0.15) is 0 Å². The van der Waals surface area contributed by atoms with Gasteiger partial charge in [0.1, 0.15) is 11.5 Å². The first-order chi connectivity index (χ1) is 16.0. The maximum Gasteiger partial charge on any atom is 0.300 e. The molecule has 1 fully saturated rings. The quantitative estimate of drug-likeness (QED) is 0.316. The number of hydrogen-bond donors (Lipinski definition) is 2. The number of anilines is 1. The summed E-state index contributed by atoms with van der Waals surface area (Å²) in [7, 11) is 0. The third-order valence-corrected chi connectivity index (χ3v) is 6.22. The minimum Gasteiger partial charge on any atom is -0.507 e. The van der Waals surface area contributed by atoms with Gasteiger partial charge in [-0.3, -0.25) is 19.5 Å². The van der Waals surface area contributed by atoms with E-state index in [1.165, 1.54) is 11.0 Å². The van der Waals surface area contributed by atoms with Crippen molar-refractivity contribution in [3.05, 3.63) is 94.3 Å². The van der Waals surface area contributed by atoms with E-state index in [4.69, 9.17) is 0 Å². The molecule has 2 heterocycles. The van der Waals surface area contributed by atoms with Crippen LogP contribution in [0.15, 0.2) is 66.5 Å². The highest BCUT2D eigenvalue weighted by Crippen LogP contribution is 2.45. The van der Waals surface area contributed by atoms with Crippen molar-refractivity contribution in [3.63, 3.8) is 0 Å². The van der Waals surface area contributed by atoms with Crippen LogP contribution in [-0.4, -0.2) is 26.9 Å². The number of Topliss-reactive ketones (excluding diaryl/α,β-unsaturated/α-hetero) is 1. The molecule has 4 rings (SSSR count). The number of pyridine rings is 1. The van der Waals surface area contributed by atoms with Gasteiger partial charge in [0, 0.05) is 18.0 Å². The van der Waals surface area contributed by atoms with Crippen molar-refractivity contribution >= 4 is 23.1 Å². The van der Waals surface area contributed by atoms with Crippen LogP contribution in [0.3, 0.4) is 0 Å². The predicted molar refractivity (Wildman–Crippen MR) is 132 cm³/mol. The summed E-state index contributed by atoms with van der Waals surface area (Å²) in [5.41, 5.74) is 3.70. The topological polar surface area (TPSA) is 90.7 Å². The smallest absolute Gasteiger partial charge is 0.300 e. The van der Waals surface area contributed by atoms with Crippen LogP contribution in [0.4, 0.5) is 5.69 Å². The fraction of sp³-hybridized carbons (Fsp3) is 0.250. The molecule has 1 amide bonds. The van der Waals surface area contributed by atoms with Gasteiger partial charge in [-0.05, 0) is 71.8 Å². The molecule has 1 atom stereocenters. The molecule has 3 aromatic rings. The molecule has 0 aliphatic carbocycles. The lowest BCUT2D eigenvalue weighted by Crippen LogP contribution is -2.29. The molecule has 6 nitrogen and oxygen atoms in total. The van der Waals surface area contributed by atoms with Crippen molar-refractivity contribution < 1.29 is 19.8 Å². The van der Waals surface area contributed by atoms with Gasteiger partial charge in [0.25, 0.3) is 11.7 Å². The fourth-order valence-corrected chi connectivity index (χ4v) is 4.26. The maximum absolute atomic E-state index is 13.4. The lowest BCUT2D eigenvalue weighted by Gasteiger charge is -2.26. The molecule has 0 radical (unpaired) electrons. The average Bonchev–Trinajstić information content (AvgIpc) is 3.05. The molecule has 1 aliphatic rings. The summed E-state index contributed by atoms with van der Waals surface area (Å²) in [6.45, 7) is 9.89. The zero-order valence-electron chi connectivity index (χ0n) is 20.0. The Morgan fingerprint density at radius 3 is 2.29 bits per heavy atom. The number of nitrogens with zero attached hydrogens (tertiary/aromatic N) is 2. The van der Waals surface area contributed by atoms with Crippen LogP contribution in [0.5, 0.6) is 5.75 Å². The third kappa shape index (κ3) is 3.96. The Labute approximate surface area is 199 Å². The standard InChI is InChI=1S/C28H28N2O4/c1-16-6-9-22(31)21(14-16)30-24(18-10-12-29-13-11-18)23(26(33)27(30)34)25(32)20-15-19(28(3,4)5)8-7-17(20)2/h6-15,24,31-32H,1-5H3/b25-23+. The molecule has 0 saturated carbocycles. The normalized spacial score (nSPS) is 17.9. The molecule has 1 unspecified atom stereocenters. The Bertz CT molecular complexity index is 1320. The first kappa shape index (κ1) is 23.2. The molecule has 0 bridgehead atoms. The predicted octanol–water partition coefficient (Wildman–Crippen LogP) is 5.33. The van der Waals surface area contributed by atoms with Gasteiger partial charge in [-0.15, -0.1) is 0 Å². The Kier molecular flexibility index (Phi) is 5.77. The number of benzene rings is 2. The molecule has 2 aromatic carbocycles. The highest BCUT2D eigenvalue weighted by molar-refractivity contribution is 6.52. The largest absolute Gasteiger partial charge is 0.507 e. The first-order valence-corrected chi connectivity index (χ1v) is 11.1. The lowest BCUT2D eigenvalue weighted by atomic mass is 9.84. The highest BCUT2D eigenvalue weighted by atomic mass is 16.3. The number of carbonyl (C=O) groups is 2. The van der Waals surface area contributed by atoms with Crippen LogP contribution >= 0.6 is 0 Å². The molecular formula is C28H28N2O4. The minimum absolute atomic E-state index is 0.0220. The molecular weight excluding hydrogens is 428 g/mol. The Morgan fingerprint density at radius 2 is 1.65 bits per heavy atom. The second kappa shape index (κ2) is 8.45. The number of rotatable bonds is 3. The Morgan fingerprint density at radius 1 is 0.971 bits per heavy atom. The summed E-state index contributed by atoms with van der Waals surface area (Å²) in [6, 6.07) is 13.1. The molecule has 1 aliphatic heterocycles. The van der Waals surface area contributed by atoms with E-state index >= 15 is 0 Å². The highest BCUT2D eigenvalue weighted by Gasteiger charge is 2.47. The van der Waals surface area contributed by atoms with Gasteiger partial charge in [0.15, 0.2) is 0 Å². The van der Waals surface area contributed by atoms with Crippen molar-refractivity contribution in [2.75, 3.05) is 4.90 Å². The second-order valence-electron chi connectivity index (χ2n) is 9.72. The van der Waals surface area contributed by atoms with Crippen molar-refractivity contribution in [2.24, 2.45) is 0 Å². The minimum atomic E-state index is -0.923. The first-order valence-electron chi connectivity index (χ1n) is 11.1. The summed E-state index contributed by atoms with van der Waals surface area (Å²) in [6.07, 6.45) is 3.13. The number of phenolic OH excluding ortho intramolecular Hbond substituents is 1. The summed E-state index contributed by atoms with van der Waals surface area (Å²) in [5, 5.41) is 22.1. The van der Waals surface area contributed by atoms with Crippen LogP contribution < -0.4 is 4.90 Å². The van der Waals surface area contributed by atoms with Gasteiger partial charge in [0.2, 0.25) is 0 Å². The number of amides is 1. The SMILES string of the molecule is Cc1ccc(O)c(N2C(=O)C(=O)/C(=C(/O)c3cc(C(C)(C)C)ccc3C)C2c2ccncc2)c1. The number of phenols is 1. The number of ketones is 1. The van der Waals surface area contributed by atoms with E-state index in [0.717, 1.165) is 16.7 Å². The van der Waals surface area contributed by atoms with E-state index in [-0.39, 0.29) is 28.2 Å². The number of carbonyl (C=O) groups excluding carboxylic acids is 2. The van der Waals surface area contributed by atoms with E-state index in [1.54, 1.807) is 36.7 Å². The van der Waals surface area contributed by atoms with Gasteiger partial charge >= 0.3 is 0 Å². The van der Waals surface area contributed by atoms with E-state index in [0.29, 0.717) is 11.1 Å². The van der Waals surface area contributed by atoms with Crippen molar-refractivity contribution in [1.82, 2.24) is 4.98 Å². The fourth-order valence-electron chi connectivity index (χ4n) is 4.26. The molecule has 34 heavy (non-hydrogen) atoms. The summed E-state index contributed by atoms with van der Waals surface area (Å²) in [5.74, 6) is -1.98. The van der Waals surface area contributed by atoms with Crippen molar-refractivity contribution in [1.29, 1.82) is 0 Å². The summed E-state index contributed by atoms with van der Waals surface area (Å²) >= 11 is 0. The molecule has 174 valence electrons. The Balaban J connectivity index is 2.00. The van der Waals surface area contributed by atoms with Crippen molar-refractivity contribution in [2.45, 2.75) is 46.1 Å². The lowest BCUT2D eigenvalue weighted by molar-refractivity contribution is -0.132. The average molecular weight is 457 g/mol. The summed E-state index contributed by atoms with van der Waals surface area (Å²) in [4.78, 5) is 32.0. The van der Waals surface area contributed by atoms with Crippen LogP contribution in [0.25, 0.3) is 5.76 Å². The molecule has 0 spiro atoms. The third-order valence-electron chi connectivity index (χ3n) is 6.22. The number of aryl methyl sites for hydroxylation is 2. The summed E-state index contributed by atoms with van der Waals surface area (Å²) < 4.78 is 0. The van der Waals surface area contributed by atoms with Gasteiger partial charge in [0.05, 0.1) is 17.3 Å². The van der Waals surface area contributed by atoms with Crippen LogP contribution in [0.2, 0.25) is 0 Å². The number of aromatic hydroxyl groups is 1. The zero-order valence-corrected chi connectivity index (χ0v) is 20.0. The van der Waals surface area contributed by atoms with Crippen LogP contribution in [-0.2, 0) is 15.0 Å². The zero-order chi connectivity index (χ0) is 24.8. The number of hydrogen-bond acceptors (Lipinski definition) is 5. The Hall–Kier alpha value is -3.93. The van der Waals surface area contributed by atoms with Gasteiger partial charge in [-0.1, -0.05) is 39.0 Å². The second-order valence-corrected chi connectivity index (χ2v) is 9.72. The molecule has 1 aromatic heterocycles. The molecule has 2 N–H and O–H groups in total. The van der Waals surface area contributed by atoms with Gasteiger partial charge in [-0.25, -0.2) is 0 Å². The van der Waals surface area contributed by atoms with Crippen molar-refractivity contribution in [3.8, 4) is 5.75 Å². The monoisotopic (exact) mass is 456 g/mol. The van der Waals surface area contributed by atoms with Crippen LogP contribution in [0, 0.1) is 13.8 Å². The van der Waals surface area contributed by atoms with Gasteiger partial charge < -0.3 is 10.2 Å². The van der Waals surface area contributed by atoms with Crippen LogP contribution in [0.1, 0.15) is 54.6 Å². The van der Waals surface area contributed by atoms with E-state index < -0.39 is 17.7 Å². The number of aliphatic hydroxyl groups excluding tert-OH is 1. The molecule has 1 saturated heterocycles. The maximum atomic E-state index is 13.4.